The SMILES string of the molecule is Cc1ccc(Cl)cc1N1CC(c2noc(-c3cc4c(s3)CCCC4)n2)CC1=O. The Hall–Kier alpha value is -2.18. The summed E-state index contributed by atoms with van der Waals surface area (Å²) in [5.41, 5.74) is 3.30. The molecule has 0 bridgehead atoms. The Balaban J connectivity index is 1.38. The van der Waals surface area contributed by atoms with Gasteiger partial charge >= 0.3 is 0 Å². The summed E-state index contributed by atoms with van der Waals surface area (Å²) in [4.78, 5) is 21.5. The van der Waals surface area contributed by atoms with E-state index < -0.39 is 0 Å². The highest BCUT2D eigenvalue weighted by Gasteiger charge is 2.35. The Labute approximate surface area is 172 Å². The molecule has 0 saturated carbocycles. The Morgan fingerprint density at radius 1 is 1.25 bits per heavy atom. The molecule has 1 atom stereocenters. The maximum absolute atomic E-state index is 12.6. The number of nitrogens with zero attached hydrogens (tertiary/aromatic N) is 3. The molecule has 0 spiro atoms. The first kappa shape index (κ1) is 17.9. The molecule has 5 nitrogen and oxygen atoms in total. The van der Waals surface area contributed by atoms with Gasteiger partial charge in [-0.1, -0.05) is 22.8 Å². The normalized spacial score (nSPS) is 19.3. The Morgan fingerprint density at radius 2 is 2.11 bits per heavy atom. The number of carbonyl (C=O) groups is 1. The molecule has 7 heteroatoms. The number of aryl methyl sites for hydroxylation is 3. The minimum atomic E-state index is -0.0713. The van der Waals surface area contributed by atoms with Crippen LogP contribution in [0.3, 0.4) is 0 Å². The zero-order valence-electron chi connectivity index (χ0n) is 15.6. The van der Waals surface area contributed by atoms with Crippen LogP contribution in [-0.4, -0.2) is 22.6 Å². The lowest BCUT2D eigenvalue weighted by molar-refractivity contribution is -0.117. The molecule has 3 heterocycles. The van der Waals surface area contributed by atoms with Crippen molar-refractivity contribution in [3.8, 4) is 10.8 Å². The molecule has 28 heavy (non-hydrogen) atoms. The van der Waals surface area contributed by atoms with Crippen LogP contribution in [-0.2, 0) is 17.6 Å². The van der Waals surface area contributed by atoms with Gasteiger partial charge in [0.2, 0.25) is 5.91 Å². The van der Waals surface area contributed by atoms with E-state index in [0.29, 0.717) is 29.7 Å². The summed E-state index contributed by atoms with van der Waals surface area (Å²) in [5, 5.41) is 4.82. The highest BCUT2D eigenvalue weighted by molar-refractivity contribution is 7.15. The van der Waals surface area contributed by atoms with Crippen molar-refractivity contribution in [1.82, 2.24) is 10.1 Å². The fraction of sp³-hybridized carbons (Fsp3) is 0.381. The fourth-order valence-corrected chi connectivity index (χ4v) is 5.43. The smallest absolute Gasteiger partial charge is 0.268 e. The van der Waals surface area contributed by atoms with Crippen LogP contribution in [0.15, 0.2) is 28.8 Å². The third-order valence-corrected chi connectivity index (χ3v) is 7.06. The van der Waals surface area contributed by atoms with Crippen LogP contribution in [0.5, 0.6) is 0 Å². The minimum absolute atomic E-state index is 0.0632. The fourth-order valence-electron chi connectivity index (χ4n) is 4.08. The highest BCUT2D eigenvalue weighted by Crippen LogP contribution is 2.37. The van der Waals surface area contributed by atoms with Crippen LogP contribution in [0.1, 0.15) is 47.0 Å². The van der Waals surface area contributed by atoms with Crippen LogP contribution < -0.4 is 4.90 Å². The number of aromatic nitrogens is 2. The van der Waals surface area contributed by atoms with Crippen molar-refractivity contribution >= 4 is 34.5 Å². The summed E-state index contributed by atoms with van der Waals surface area (Å²) in [6.45, 7) is 2.53. The van der Waals surface area contributed by atoms with Gasteiger partial charge in [-0.3, -0.25) is 4.79 Å². The maximum Gasteiger partial charge on any atom is 0.268 e. The first-order chi connectivity index (χ1) is 13.6. The van der Waals surface area contributed by atoms with Gasteiger partial charge in [0.25, 0.3) is 5.89 Å². The van der Waals surface area contributed by atoms with E-state index in [9.17, 15) is 4.79 Å². The summed E-state index contributed by atoms with van der Waals surface area (Å²) in [7, 11) is 0. The number of anilines is 1. The molecular weight excluding hydrogens is 394 g/mol. The number of hydrogen-bond donors (Lipinski definition) is 0. The van der Waals surface area contributed by atoms with E-state index in [1.54, 1.807) is 16.2 Å². The molecule has 1 saturated heterocycles. The monoisotopic (exact) mass is 413 g/mol. The molecule has 144 valence electrons. The summed E-state index contributed by atoms with van der Waals surface area (Å²) < 4.78 is 5.56. The lowest BCUT2D eigenvalue weighted by atomic mass is 9.99. The molecule has 2 aromatic heterocycles. The predicted molar refractivity (Wildman–Crippen MR) is 110 cm³/mol. The molecule has 1 unspecified atom stereocenters. The third-order valence-electron chi connectivity index (χ3n) is 5.60. The predicted octanol–water partition coefficient (Wildman–Crippen LogP) is 5.16. The molecule has 1 aliphatic carbocycles. The Kier molecular flexibility index (Phi) is 4.48. The molecule has 5 rings (SSSR count). The van der Waals surface area contributed by atoms with Gasteiger partial charge in [-0.15, -0.1) is 11.3 Å². The summed E-state index contributed by atoms with van der Waals surface area (Å²) in [5.74, 6) is 1.17. The van der Waals surface area contributed by atoms with Crippen LogP contribution in [0, 0.1) is 6.92 Å². The van der Waals surface area contributed by atoms with Gasteiger partial charge in [0, 0.05) is 34.5 Å². The standard InChI is InChI=1S/C21H20ClN3O2S/c1-12-6-7-15(22)10-16(12)25-11-14(9-19(25)26)20-23-21(27-24-20)18-8-13-4-2-3-5-17(13)28-18/h6-8,10,14H,2-5,9,11H2,1H3. The van der Waals surface area contributed by atoms with Gasteiger partial charge in [-0.05, 0) is 61.9 Å². The quantitative estimate of drug-likeness (QED) is 0.595. The molecular formula is C21H20ClN3O2S. The summed E-state index contributed by atoms with van der Waals surface area (Å²) >= 11 is 7.89. The number of fused-ring (bicyclic) bond motifs is 1. The highest BCUT2D eigenvalue weighted by atomic mass is 35.5. The van der Waals surface area contributed by atoms with E-state index in [0.717, 1.165) is 29.0 Å². The Bertz CT molecular complexity index is 1030. The number of halogens is 1. The number of benzene rings is 1. The first-order valence-electron chi connectivity index (χ1n) is 9.60. The number of hydrogen-bond acceptors (Lipinski definition) is 5. The zero-order chi connectivity index (χ0) is 19.3. The van der Waals surface area contributed by atoms with E-state index in [2.05, 4.69) is 16.2 Å². The number of thiophene rings is 1. The van der Waals surface area contributed by atoms with Gasteiger partial charge in [0.05, 0.1) is 4.88 Å². The molecule has 1 aliphatic heterocycles. The van der Waals surface area contributed by atoms with E-state index in [-0.39, 0.29) is 11.8 Å². The van der Waals surface area contributed by atoms with E-state index in [4.69, 9.17) is 16.1 Å². The van der Waals surface area contributed by atoms with E-state index >= 15 is 0 Å². The van der Waals surface area contributed by atoms with Crippen LogP contribution >= 0.6 is 22.9 Å². The number of rotatable bonds is 3. The number of amides is 1. The van der Waals surface area contributed by atoms with Gasteiger partial charge in [-0.2, -0.15) is 4.98 Å². The van der Waals surface area contributed by atoms with Crippen molar-refractivity contribution < 1.29 is 9.32 Å². The molecule has 0 N–H and O–H groups in total. The third kappa shape index (κ3) is 3.14. The summed E-state index contributed by atoms with van der Waals surface area (Å²) in [6, 6.07) is 7.81. The minimum Gasteiger partial charge on any atom is -0.333 e. The second-order valence-corrected chi connectivity index (χ2v) is 9.13. The van der Waals surface area contributed by atoms with Crippen LogP contribution in [0.2, 0.25) is 5.02 Å². The van der Waals surface area contributed by atoms with Crippen molar-refractivity contribution in [2.24, 2.45) is 0 Å². The van der Waals surface area contributed by atoms with E-state index in [1.165, 1.54) is 23.3 Å². The van der Waals surface area contributed by atoms with E-state index in [1.807, 2.05) is 25.1 Å². The van der Waals surface area contributed by atoms with Gasteiger partial charge in [0.1, 0.15) is 0 Å². The van der Waals surface area contributed by atoms with Crippen molar-refractivity contribution in [3.05, 3.63) is 51.1 Å². The van der Waals surface area contributed by atoms with Crippen molar-refractivity contribution in [1.29, 1.82) is 0 Å². The molecule has 1 fully saturated rings. The molecule has 2 aliphatic rings. The second-order valence-electron chi connectivity index (χ2n) is 7.56. The maximum atomic E-state index is 12.6. The molecule has 1 amide bonds. The van der Waals surface area contributed by atoms with Crippen molar-refractivity contribution in [2.75, 3.05) is 11.4 Å². The zero-order valence-corrected chi connectivity index (χ0v) is 17.1. The van der Waals surface area contributed by atoms with Crippen molar-refractivity contribution in [3.63, 3.8) is 0 Å². The van der Waals surface area contributed by atoms with Gasteiger partial charge in [-0.25, -0.2) is 0 Å². The average Bonchev–Trinajstić information content (AvgIpc) is 3.40. The Morgan fingerprint density at radius 3 is 2.96 bits per heavy atom. The topological polar surface area (TPSA) is 59.2 Å². The number of carbonyl (C=O) groups excluding carboxylic acids is 1. The molecule has 1 aromatic carbocycles. The molecule has 3 aromatic rings. The van der Waals surface area contributed by atoms with Crippen molar-refractivity contribution in [2.45, 2.75) is 44.9 Å². The van der Waals surface area contributed by atoms with Crippen LogP contribution in [0.25, 0.3) is 10.8 Å². The summed E-state index contributed by atoms with van der Waals surface area (Å²) in [6.07, 6.45) is 5.17. The first-order valence-corrected chi connectivity index (χ1v) is 10.8. The lowest BCUT2D eigenvalue weighted by Crippen LogP contribution is -2.25. The second kappa shape index (κ2) is 7.01. The largest absolute Gasteiger partial charge is 0.333 e. The van der Waals surface area contributed by atoms with Crippen LogP contribution in [0.4, 0.5) is 5.69 Å². The average molecular weight is 414 g/mol. The van der Waals surface area contributed by atoms with Gasteiger partial charge in [0.15, 0.2) is 5.82 Å². The lowest BCUT2D eigenvalue weighted by Gasteiger charge is -2.19. The molecule has 0 radical (unpaired) electrons. The van der Waals surface area contributed by atoms with Gasteiger partial charge < -0.3 is 9.42 Å².